The van der Waals surface area contributed by atoms with Crippen LogP contribution in [0.4, 0.5) is 4.79 Å². The van der Waals surface area contributed by atoms with E-state index in [2.05, 4.69) is 5.32 Å². The van der Waals surface area contributed by atoms with Gasteiger partial charge in [-0.05, 0) is 20.8 Å². The molecule has 0 bridgehead atoms. The lowest BCUT2D eigenvalue weighted by Gasteiger charge is -2.20. The first-order valence-corrected chi connectivity index (χ1v) is 6.75. The Morgan fingerprint density at radius 3 is 2.25 bits per heavy atom. The molecule has 0 rings (SSSR count). The van der Waals surface area contributed by atoms with Crippen molar-refractivity contribution in [2.75, 3.05) is 26.4 Å². The summed E-state index contributed by atoms with van der Waals surface area (Å²) >= 11 is 0. The summed E-state index contributed by atoms with van der Waals surface area (Å²) < 4.78 is 28.2. The van der Waals surface area contributed by atoms with Crippen LogP contribution < -0.4 is 5.32 Å². The molecule has 1 N–H and O–H groups in total. The van der Waals surface area contributed by atoms with Gasteiger partial charge in [-0.3, -0.25) is 0 Å². The standard InChI is InChI=1S/C9H20N2O4S/c1-9(2,3)15-8(12)10-6-7-11(4)16(5,13)14/h6-7H2,1-5H3,(H,10,12). The smallest absolute Gasteiger partial charge is 0.407 e. The van der Waals surface area contributed by atoms with E-state index < -0.39 is 21.7 Å². The predicted octanol–water partition coefficient (Wildman–Crippen LogP) is 0.402. The van der Waals surface area contributed by atoms with E-state index in [1.54, 1.807) is 20.8 Å². The molecule has 0 unspecified atom stereocenters. The summed E-state index contributed by atoms with van der Waals surface area (Å²) in [6, 6.07) is 0. The fourth-order valence-electron chi connectivity index (χ4n) is 0.795. The first-order chi connectivity index (χ1) is 7.02. The number of ether oxygens (including phenoxy) is 1. The summed E-state index contributed by atoms with van der Waals surface area (Å²) in [7, 11) is -1.74. The number of sulfonamides is 1. The van der Waals surface area contributed by atoms with Crippen LogP contribution in [0.1, 0.15) is 20.8 Å². The highest BCUT2D eigenvalue weighted by Crippen LogP contribution is 2.06. The topological polar surface area (TPSA) is 75.7 Å². The second-order valence-corrected chi connectivity index (χ2v) is 6.60. The molecule has 0 aliphatic heterocycles. The molecular weight excluding hydrogens is 232 g/mol. The Labute approximate surface area is 97.0 Å². The highest BCUT2D eigenvalue weighted by molar-refractivity contribution is 7.88. The average molecular weight is 252 g/mol. The molecule has 0 aromatic heterocycles. The van der Waals surface area contributed by atoms with Crippen molar-refractivity contribution in [1.29, 1.82) is 0 Å². The lowest BCUT2D eigenvalue weighted by Crippen LogP contribution is -2.38. The monoisotopic (exact) mass is 252 g/mol. The number of carbonyl (C=O) groups is 1. The van der Waals surface area contributed by atoms with Crippen LogP contribution in [0.5, 0.6) is 0 Å². The molecular formula is C9H20N2O4S. The molecule has 0 aromatic carbocycles. The van der Waals surface area contributed by atoms with Crippen molar-refractivity contribution in [3.8, 4) is 0 Å². The Balaban J connectivity index is 3.88. The van der Waals surface area contributed by atoms with Crippen LogP contribution in [0, 0.1) is 0 Å². The van der Waals surface area contributed by atoms with Crippen molar-refractivity contribution >= 4 is 16.1 Å². The van der Waals surface area contributed by atoms with Gasteiger partial charge in [0.25, 0.3) is 0 Å². The second kappa shape index (κ2) is 5.49. The second-order valence-electron chi connectivity index (χ2n) is 4.51. The van der Waals surface area contributed by atoms with Gasteiger partial charge in [-0.2, -0.15) is 0 Å². The molecule has 0 aliphatic rings. The van der Waals surface area contributed by atoms with Crippen LogP contribution in [-0.4, -0.2) is 50.8 Å². The molecule has 96 valence electrons. The van der Waals surface area contributed by atoms with Gasteiger partial charge in [-0.15, -0.1) is 0 Å². The highest BCUT2D eigenvalue weighted by atomic mass is 32.2. The maximum absolute atomic E-state index is 11.2. The fraction of sp³-hybridized carbons (Fsp3) is 0.889. The third kappa shape index (κ3) is 7.47. The quantitative estimate of drug-likeness (QED) is 0.786. The summed E-state index contributed by atoms with van der Waals surface area (Å²) in [6.07, 6.45) is 0.565. The molecule has 0 fully saturated rings. The normalized spacial score (nSPS) is 12.6. The Kier molecular flexibility index (Phi) is 5.21. The van der Waals surface area contributed by atoms with Gasteiger partial charge in [0.15, 0.2) is 0 Å². The Bertz CT molecular complexity index is 332. The van der Waals surface area contributed by atoms with Crippen molar-refractivity contribution in [3.05, 3.63) is 0 Å². The van der Waals surface area contributed by atoms with E-state index in [0.29, 0.717) is 0 Å². The van der Waals surface area contributed by atoms with Crippen molar-refractivity contribution in [2.24, 2.45) is 0 Å². The van der Waals surface area contributed by atoms with Crippen LogP contribution in [0.2, 0.25) is 0 Å². The van der Waals surface area contributed by atoms with E-state index in [1.807, 2.05) is 0 Å². The molecule has 0 heterocycles. The number of likely N-dealkylation sites (N-methyl/N-ethyl adjacent to an activating group) is 1. The maximum Gasteiger partial charge on any atom is 0.407 e. The molecule has 0 radical (unpaired) electrons. The number of hydrogen-bond donors (Lipinski definition) is 1. The Morgan fingerprint density at radius 1 is 1.38 bits per heavy atom. The molecule has 0 saturated heterocycles. The molecule has 0 spiro atoms. The van der Waals surface area contributed by atoms with E-state index in [1.165, 1.54) is 7.05 Å². The van der Waals surface area contributed by atoms with Gasteiger partial charge in [-0.25, -0.2) is 17.5 Å². The largest absolute Gasteiger partial charge is 0.444 e. The molecule has 6 nitrogen and oxygen atoms in total. The third-order valence-corrected chi connectivity index (χ3v) is 2.98. The van der Waals surface area contributed by atoms with Gasteiger partial charge < -0.3 is 10.1 Å². The summed E-state index contributed by atoms with van der Waals surface area (Å²) in [4.78, 5) is 11.2. The zero-order valence-electron chi connectivity index (χ0n) is 10.4. The molecule has 16 heavy (non-hydrogen) atoms. The Morgan fingerprint density at radius 2 is 1.88 bits per heavy atom. The zero-order valence-corrected chi connectivity index (χ0v) is 11.2. The molecule has 1 amide bonds. The van der Waals surface area contributed by atoms with Crippen LogP contribution in [-0.2, 0) is 14.8 Å². The molecule has 0 saturated carbocycles. The van der Waals surface area contributed by atoms with Gasteiger partial charge >= 0.3 is 6.09 Å². The van der Waals surface area contributed by atoms with E-state index in [-0.39, 0.29) is 13.1 Å². The minimum atomic E-state index is -3.19. The number of carbonyl (C=O) groups excluding carboxylic acids is 1. The average Bonchev–Trinajstić information content (AvgIpc) is 1.98. The first kappa shape index (κ1) is 15.2. The van der Waals surface area contributed by atoms with Gasteiger partial charge in [0.1, 0.15) is 5.60 Å². The van der Waals surface area contributed by atoms with Gasteiger partial charge in [0.2, 0.25) is 10.0 Å². The van der Waals surface area contributed by atoms with E-state index >= 15 is 0 Å². The molecule has 0 atom stereocenters. The van der Waals surface area contributed by atoms with Crippen molar-refractivity contribution in [3.63, 3.8) is 0 Å². The van der Waals surface area contributed by atoms with Crippen LogP contribution >= 0.6 is 0 Å². The predicted molar refractivity (Wildman–Crippen MR) is 61.7 cm³/mol. The number of nitrogens with one attached hydrogen (secondary N) is 1. The van der Waals surface area contributed by atoms with E-state index in [4.69, 9.17) is 4.74 Å². The minimum absolute atomic E-state index is 0.220. The van der Waals surface area contributed by atoms with Crippen molar-refractivity contribution in [1.82, 2.24) is 9.62 Å². The number of nitrogens with zero attached hydrogens (tertiary/aromatic N) is 1. The van der Waals surface area contributed by atoms with Crippen molar-refractivity contribution in [2.45, 2.75) is 26.4 Å². The number of alkyl carbamates (subject to hydrolysis) is 1. The number of amides is 1. The maximum atomic E-state index is 11.2. The summed E-state index contributed by atoms with van der Waals surface area (Å²) in [5.41, 5.74) is -0.549. The highest BCUT2D eigenvalue weighted by Gasteiger charge is 2.16. The van der Waals surface area contributed by atoms with E-state index in [0.717, 1.165) is 10.6 Å². The van der Waals surface area contributed by atoms with Gasteiger partial charge in [0.05, 0.1) is 6.26 Å². The van der Waals surface area contributed by atoms with Crippen molar-refractivity contribution < 1.29 is 17.9 Å². The van der Waals surface area contributed by atoms with Crippen LogP contribution in [0.3, 0.4) is 0 Å². The van der Waals surface area contributed by atoms with Gasteiger partial charge in [0, 0.05) is 20.1 Å². The van der Waals surface area contributed by atoms with Crippen LogP contribution in [0.25, 0.3) is 0 Å². The summed E-state index contributed by atoms with van der Waals surface area (Å²) in [6.45, 7) is 5.72. The molecule has 7 heteroatoms. The minimum Gasteiger partial charge on any atom is -0.444 e. The SMILES string of the molecule is CN(CCNC(=O)OC(C)(C)C)S(C)(=O)=O. The lowest BCUT2D eigenvalue weighted by atomic mass is 10.2. The van der Waals surface area contributed by atoms with Crippen LogP contribution in [0.15, 0.2) is 0 Å². The lowest BCUT2D eigenvalue weighted by molar-refractivity contribution is 0.0526. The Hall–Kier alpha value is -0.820. The summed E-state index contributed by atoms with van der Waals surface area (Å²) in [5.74, 6) is 0. The number of rotatable bonds is 4. The van der Waals surface area contributed by atoms with E-state index in [9.17, 15) is 13.2 Å². The third-order valence-electron chi connectivity index (χ3n) is 1.66. The fourth-order valence-corrected chi connectivity index (χ4v) is 1.22. The zero-order chi connectivity index (χ0) is 13.0. The molecule has 0 aromatic rings. The first-order valence-electron chi connectivity index (χ1n) is 4.90. The van der Waals surface area contributed by atoms with Gasteiger partial charge in [-0.1, -0.05) is 0 Å². The number of hydrogen-bond acceptors (Lipinski definition) is 4. The molecule has 0 aliphatic carbocycles. The summed E-state index contributed by atoms with van der Waals surface area (Å²) in [5, 5.41) is 2.47.